The van der Waals surface area contributed by atoms with Gasteiger partial charge in [0.15, 0.2) is 6.29 Å². The SMILES string of the molecule is COc1ncccc1N1C(O)CC[C@H]1COc1cccc(O)c1C=O. The van der Waals surface area contributed by atoms with Crippen molar-refractivity contribution in [3.8, 4) is 17.4 Å². The van der Waals surface area contributed by atoms with E-state index >= 15 is 0 Å². The first-order valence-electron chi connectivity index (χ1n) is 8.01. The van der Waals surface area contributed by atoms with Crippen LogP contribution in [0.4, 0.5) is 5.69 Å². The van der Waals surface area contributed by atoms with Gasteiger partial charge in [0.1, 0.15) is 30.0 Å². The molecular weight excluding hydrogens is 324 g/mol. The summed E-state index contributed by atoms with van der Waals surface area (Å²) in [7, 11) is 1.53. The van der Waals surface area contributed by atoms with Gasteiger partial charge in [-0.2, -0.15) is 0 Å². The Balaban J connectivity index is 1.80. The molecule has 1 unspecified atom stereocenters. The van der Waals surface area contributed by atoms with Crippen molar-refractivity contribution in [1.82, 2.24) is 4.98 Å². The molecule has 2 N–H and O–H groups in total. The molecule has 0 radical (unpaired) electrons. The number of benzene rings is 1. The number of aromatic hydroxyl groups is 1. The van der Waals surface area contributed by atoms with E-state index in [2.05, 4.69) is 4.98 Å². The van der Waals surface area contributed by atoms with Crippen LogP contribution in [0.25, 0.3) is 0 Å². The third-order valence-electron chi connectivity index (χ3n) is 4.29. The molecule has 1 aromatic heterocycles. The normalized spacial score (nSPS) is 19.7. The Bertz CT molecular complexity index is 752. The van der Waals surface area contributed by atoms with Crippen LogP contribution in [0.15, 0.2) is 36.5 Å². The Morgan fingerprint density at radius 2 is 2.16 bits per heavy atom. The number of carbonyl (C=O) groups is 1. The second-order valence-corrected chi connectivity index (χ2v) is 5.77. The lowest BCUT2D eigenvalue weighted by Crippen LogP contribution is -2.39. The van der Waals surface area contributed by atoms with Gasteiger partial charge in [-0.05, 0) is 37.1 Å². The maximum absolute atomic E-state index is 11.2. The third kappa shape index (κ3) is 3.36. The number of nitrogens with zero attached hydrogens (tertiary/aromatic N) is 2. The number of phenols is 1. The highest BCUT2D eigenvalue weighted by molar-refractivity contribution is 5.83. The first-order valence-corrected chi connectivity index (χ1v) is 8.01. The molecule has 2 heterocycles. The van der Waals surface area contributed by atoms with E-state index in [-0.39, 0.29) is 24.0 Å². The van der Waals surface area contributed by atoms with E-state index in [9.17, 15) is 15.0 Å². The van der Waals surface area contributed by atoms with Gasteiger partial charge in [0.2, 0.25) is 5.88 Å². The predicted molar refractivity (Wildman–Crippen MR) is 91.3 cm³/mol. The maximum Gasteiger partial charge on any atom is 0.237 e. The minimum absolute atomic E-state index is 0.116. The number of methoxy groups -OCH3 is 1. The molecule has 2 atom stereocenters. The number of aromatic nitrogens is 1. The van der Waals surface area contributed by atoms with Crippen molar-refractivity contribution < 1.29 is 24.5 Å². The number of rotatable bonds is 6. The van der Waals surface area contributed by atoms with Gasteiger partial charge >= 0.3 is 0 Å². The van der Waals surface area contributed by atoms with Crippen molar-refractivity contribution in [2.24, 2.45) is 0 Å². The van der Waals surface area contributed by atoms with Gasteiger partial charge in [-0.15, -0.1) is 0 Å². The van der Waals surface area contributed by atoms with Gasteiger partial charge < -0.3 is 24.6 Å². The van der Waals surface area contributed by atoms with E-state index in [1.54, 1.807) is 24.4 Å². The van der Waals surface area contributed by atoms with E-state index in [1.807, 2.05) is 11.0 Å². The zero-order chi connectivity index (χ0) is 17.8. The molecule has 132 valence electrons. The van der Waals surface area contributed by atoms with Crippen LogP contribution in [0.3, 0.4) is 0 Å². The molecule has 0 aliphatic carbocycles. The summed E-state index contributed by atoms with van der Waals surface area (Å²) < 4.78 is 11.0. The van der Waals surface area contributed by atoms with Crippen molar-refractivity contribution in [3.05, 3.63) is 42.1 Å². The summed E-state index contributed by atoms with van der Waals surface area (Å²) in [5.74, 6) is 0.624. The molecule has 1 aromatic carbocycles. The van der Waals surface area contributed by atoms with Crippen LogP contribution in [0.5, 0.6) is 17.4 Å². The van der Waals surface area contributed by atoms with Gasteiger partial charge in [0.25, 0.3) is 0 Å². The molecule has 2 aromatic rings. The third-order valence-corrected chi connectivity index (χ3v) is 4.29. The summed E-state index contributed by atoms with van der Waals surface area (Å²) in [6.45, 7) is 0.249. The van der Waals surface area contributed by atoms with Crippen molar-refractivity contribution in [2.75, 3.05) is 18.6 Å². The number of carbonyl (C=O) groups excluding carboxylic acids is 1. The zero-order valence-corrected chi connectivity index (χ0v) is 13.8. The van der Waals surface area contributed by atoms with Gasteiger partial charge in [0, 0.05) is 6.20 Å². The average Bonchev–Trinajstić information content (AvgIpc) is 3.00. The average molecular weight is 344 g/mol. The van der Waals surface area contributed by atoms with Crippen LogP contribution >= 0.6 is 0 Å². The molecule has 7 nitrogen and oxygen atoms in total. The summed E-state index contributed by atoms with van der Waals surface area (Å²) in [6.07, 6.45) is 2.83. The van der Waals surface area contributed by atoms with Crippen LogP contribution in [0.1, 0.15) is 23.2 Å². The second-order valence-electron chi connectivity index (χ2n) is 5.77. The number of hydrogen-bond donors (Lipinski definition) is 2. The summed E-state index contributed by atoms with van der Waals surface area (Å²) in [5.41, 5.74) is 0.807. The molecule has 0 spiro atoms. The number of aliphatic hydroxyl groups is 1. The number of aliphatic hydroxyl groups excluding tert-OH is 1. The number of pyridine rings is 1. The Hall–Kier alpha value is -2.80. The molecule has 1 saturated heterocycles. The molecular formula is C18H20N2O5. The fraction of sp³-hybridized carbons (Fsp3) is 0.333. The quantitative estimate of drug-likeness (QED) is 0.774. The lowest BCUT2D eigenvalue weighted by Gasteiger charge is -2.30. The minimum Gasteiger partial charge on any atom is -0.507 e. The molecule has 3 rings (SSSR count). The van der Waals surface area contributed by atoms with Crippen LogP contribution in [-0.2, 0) is 0 Å². The first-order chi connectivity index (χ1) is 12.2. The predicted octanol–water partition coefficient (Wildman–Crippen LogP) is 1.97. The second kappa shape index (κ2) is 7.40. The van der Waals surface area contributed by atoms with Crippen molar-refractivity contribution in [2.45, 2.75) is 25.1 Å². The molecule has 1 fully saturated rings. The fourth-order valence-electron chi connectivity index (χ4n) is 3.08. The van der Waals surface area contributed by atoms with Crippen LogP contribution in [-0.4, -0.2) is 47.5 Å². The van der Waals surface area contributed by atoms with Crippen molar-refractivity contribution in [1.29, 1.82) is 0 Å². The van der Waals surface area contributed by atoms with Crippen LogP contribution < -0.4 is 14.4 Å². The Morgan fingerprint density at radius 3 is 2.92 bits per heavy atom. The topological polar surface area (TPSA) is 92.1 Å². The smallest absolute Gasteiger partial charge is 0.237 e. The number of phenolic OH excluding ortho intramolecular Hbond substituents is 1. The summed E-state index contributed by atoms with van der Waals surface area (Å²) in [6, 6.07) is 8.17. The Kier molecular flexibility index (Phi) is 5.04. The molecule has 7 heteroatoms. The number of aldehydes is 1. The highest BCUT2D eigenvalue weighted by Crippen LogP contribution is 2.35. The molecule has 0 amide bonds. The van der Waals surface area contributed by atoms with E-state index in [0.717, 1.165) is 0 Å². The number of hydrogen-bond acceptors (Lipinski definition) is 7. The van der Waals surface area contributed by atoms with E-state index in [4.69, 9.17) is 9.47 Å². The van der Waals surface area contributed by atoms with Gasteiger partial charge in [0.05, 0.1) is 18.7 Å². The Morgan fingerprint density at radius 1 is 1.32 bits per heavy atom. The molecule has 1 aliphatic heterocycles. The van der Waals surface area contributed by atoms with E-state index in [1.165, 1.54) is 13.2 Å². The van der Waals surface area contributed by atoms with Crippen LogP contribution in [0, 0.1) is 0 Å². The summed E-state index contributed by atoms with van der Waals surface area (Å²) >= 11 is 0. The van der Waals surface area contributed by atoms with Crippen molar-refractivity contribution >= 4 is 12.0 Å². The highest BCUT2D eigenvalue weighted by atomic mass is 16.5. The van der Waals surface area contributed by atoms with E-state index in [0.29, 0.717) is 36.4 Å². The lowest BCUT2D eigenvalue weighted by molar-refractivity contribution is 0.111. The molecule has 25 heavy (non-hydrogen) atoms. The minimum atomic E-state index is -0.665. The standard InChI is InChI=1S/C18H20N2O5/c1-24-18-14(4-3-9-19-18)20-12(7-8-17(20)23)11-25-16-6-2-5-15(22)13(16)10-21/h2-6,9-10,12,17,22-23H,7-8,11H2,1H3/t12-,17?/m0/s1. The largest absolute Gasteiger partial charge is 0.507 e. The monoisotopic (exact) mass is 344 g/mol. The van der Waals surface area contributed by atoms with Gasteiger partial charge in [-0.3, -0.25) is 4.79 Å². The van der Waals surface area contributed by atoms with Gasteiger partial charge in [-0.1, -0.05) is 6.07 Å². The molecule has 0 bridgehead atoms. The van der Waals surface area contributed by atoms with Crippen molar-refractivity contribution in [3.63, 3.8) is 0 Å². The summed E-state index contributed by atoms with van der Waals surface area (Å²) in [5, 5.41) is 20.1. The number of anilines is 1. The maximum atomic E-state index is 11.2. The van der Waals surface area contributed by atoms with E-state index < -0.39 is 6.23 Å². The zero-order valence-electron chi connectivity index (χ0n) is 13.8. The molecule has 1 aliphatic rings. The molecule has 0 saturated carbocycles. The van der Waals surface area contributed by atoms with Gasteiger partial charge in [-0.25, -0.2) is 4.98 Å². The fourth-order valence-corrected chi connectivity index (χ4v) is 3.08. The van der Waals surface area contributed by atoms with Crippen LogP contribution in [0.2, 0.25) is 0 Å². The number of ether oxygens (including phenoxy) is 2. The summed E-state index contributed by atoms with van der Waals surface area (Å²) in [4.78, 5) is 17.1. The first kappa shape index (κ1) is 17.0. The highest BCUT2D eigenvalue weighted by Gasteiger charge is 2.34. The Labute approximate surface area is 145 Å². The lowest BCUT2D eigenvalue weighted by atomic mass is 10.2.